The van der Waals surface area contributed by atoms with Crippen molar-refractivity contribution in [3.8, 4) is 0 Å². The highest BCUT2D eigenvalue weighted by Gasteiger charge is 2.20. The van der Waals surface area contributed by atoms with E-state index in [0.29, 0.717) is 13.0 Å². The standard InChI is InChI=1S/C11H21N3O2S/c1-3-5-8(10(12)17)11(16)14-7-9(15)13-6-4-2/h8H,3-7H2,1-2H3,(H2,12,17)(H,13,15)(H,14,16). The van der Waals surface area contributed by atoms with Gasteiger partial charge in [-0.25, -0.2) is 0 Å². The summed E-state index contributed by atoms with van der Waals surface area (Å²) >= 11 is 4.82. The maximum Gasteiger partial charge on any atom is 0.239 e. The Balaban J connectivity index is 4.05. The van der Waals surface area contributed by atoms with Crippen molar-refractivity contribution in [1.82, 2.24) is 10.6 Å². The van der Waals surface area contributed by atoms with E-state index in [1.54, 1.807) is 0 Å². The lowest BCUT2D eigenvalue weighted by molar-refractivity contribution is -0.127. The molecule has 6 heteroatoms. The van der Waals surface area contributed by atoms with Crippen molar-refractivity contribution < 1.29 is 9.59 Å². The molecule has 1 atom stereocenters. The minimum atomic E-state index is -0.478. The highest BCUT2D eigenvalue weighted by Crippen LogP contribution is 2.06. The van der Waals surface area contributed by atoms with Crippen LogP contribution in [-0.2, 0) is 9.59 Å². The lowest BCUT2D eigenvalue weighted by Crippen LogP contribution is -2.42. The van der Waals surface area contributed by atoms with Gasteiger partial charge in [-0.2, -0.15) is 0 Å². The van der Waals surface area contributed by atoms with Gasteiger partial charge >= 0.3 is 0 Å². The molecule has 0 aliphatic rings. The molecule has 0 aromatic carbocycles. The summed E-state index contributed by atoms with van der Waals surface area (Å²) in [5.41, 5.74) is 5.48. The molecule has 0 heterocycles. The third kappa shape index (κ3) is 6.88. The molecule has 98 valence electrons. The van der Waals surface area contributed by atoms with Crippen LogP contribution in [0, 0.1) is 5.92 Å². The number of rotatable bonds is 8. The second-order valence-electron chi connectivity index (χ2n) is 3.81. The third-order valence-electron chi connectivity index (χ3n) is 2.23. The Morgan fingerprint density at radius 1 is 1.24 bits per heavy atom. The second-order valence-corrected chi connectivity index (χ2v) is 4.28. The Hall–Kier alpha value is -1.17. The van der Waals surface area contributed by atoms with Crippen LogP contribution in [0.5, 0.6) is 0 Å². The van der Waals surface area contributed by atoms with Gasteiger partial charge in [0, 0.05) is 6.54 Å². The van der Waals surface area contributed by atoms with Crippen LogP contribution in [-0.4, -0.2) is 29.9 Å². The van der Waals surface area contributed by atoms with Crippen LogP contribution in [0.25, 0.3) is 0 Å². The molecule has 0 radical (unpaired) electrons. The number of nitrogens with two attached hydrogens (primary N) is 1. The number of amides is 2. The molecule has 0 saturated carbocycles. The molecule has 0 fully saturated rings. The number of hydrogen-bond donors (Lipinski definition) is 3. The van der Waals surface area contributed by atoms with Gasteiger partial charge in [0.15, 0.2) is 0 Å². The predicted molar refractivity (Wildman–Crippen MR) is 71.5 cm³/mol. The zero-order valence-electron chi connectivity index (χ0n) is 10.4. The van der Waals surface area contributed by atoms with Gasteiger partial charge < -0.3 is 16.4 Å². The van der Waals surface area contributed by atoms with Crippen molar-refractivity contribution in [3.63, 3.8) is 0 Å². The quantitative estimate of drug-likeness (QED) is 0.549. The van der Waals surface area contributed by atoms with E-state index < -0.39 is 5.92 Å². The summed E-state index contributed by atoms with van der Waals surface area (Å²) in [5, 5.41) is 5.21. The van der Waals surface area contributed by atoms with E-state index in [9.17, 15) is 9.59 Å². The smallest absolute Gasteiger partial charge is 0.239 e. The minimum Gasteiger partial charge on any atom is -0.393 e. The monoisotopic (exact) mass is 259 g/mol. The fourth-order valence-electron chi connectivity index (χ4n) is 1.31. The molecule has 2 amide bonds. The first-order valence-electron chi connectivity index (χ1n) is 5.86. The average Bonchev–Trinajstić information content (AvgIpc) is 2.29. The molecule has 0 bridgehead atoms. The topological polar surface area (TPSA) is 84.2 Å². The van der Waals surface area contributed by atoms with Crippen LogP contribution in [0.2, 0.25) is 0 Å². The van der Waals surface area contributed by atoms with E-state index in [1.165, 1.54) is 0 Å². The molecular formula is C11H21N3O2S. The maximum absolute atomic E-state index is 11.7. The highest BCUT2D eigenvalue weighted by atomic mass is 32.1. The van der Waals surface area contributed by atoms with Crippen molar-refractivity contribution in [3.05, 3.63) is 0 Å². The fraction of sp³-hybridized carbons (Fsp3) is 0.727. The normalized spacial score (nSPS) is 11.6. The Kier molecular flexibility index (Phi) is 8.31. The molecule has 0 saturated heterocycles. The fourth-order valence-corrected chi connectivity index (χ4v) is 1.53. The summed E-state index contributed by atoms with van der Waals surface area (Å²) in [7, 11) is 0. The van der Waals surface area contributed by atoms with E-state index in [1.807, 2.05) is 13.8 Å². The summed E-state index contributed by atoms with van der Waals surface area (Å²) in [4.78, 5) is 23.1. The largest absolute Gasteiger partial charge is 0.393 e. The molecule has 17 heavy (non-hydrogen) atoms. The summed E-state index contributed by atoms with van der Waals surface area (Å²) in [6, 6.07) is 0. The van der Waals surface area contributed by atoms with Gasteiger partial charge in [0.05, 0.1) is 17.5 Å². The first kappa shape index (κ1) is 15.8. The Labute approximate surface area is 108 Å². The van der Waals surface area contributed by atoms with Crippen molar-refractivity contribution in [2.75, 3.05) is 13.1 Å². The molecule has 0 spiro atoms. The number of hydrogen-bond acceptors (Lipinski definition) is 3. The van der Waals surface area contributed by atoms with E-state index in [0.717, 1.165) is 12.8 Å². The molecule has 1 unspecified atom stereocenters. The van der Waals surface area contributed by atoms with Crippen molar-refractivity contribution in [1.29, 1.82) is 0 Å². The SMILES string of the molecule is CCCNC(=O)CNC(=O)C(CCC)C(N)=S. The zero-order chi connectivity index (χ0) is 13.3. The molecule has 0 aromatic heterocycles. The average molecular weight is 259 g/mol. The first-order chi connectivity index (χ1) is 8.02. The molecule has 0 aliphatic carbocycles. The van der Waals surface area contributed by atoms with E-state index in [4.69, 9.17) is 18.0 Å². The first-order valence-corrected chi connectivity index (χ1v) is 6.27. The Morgan fingerprint density at radius 3 is 2.35 bits per heavy atom. The van der Waals surface area contributed by atoms with Gasteiger partial charge in [0.25, 0.3) is 0 Å². The summed E-state index contributed by atoms with van der Waals surface area (Å²) in [6.45, 7) is 4.50. The van der Waals surface area contributed by atoms with Crippen molar-refractivity contribution >= 4 is 29.0 Å². The van der Waals surface area contributed by atoms with E-state index >= 15 is 0 Å². The number of carbonyl (C=O) groups is 2. The molecule has 0 aromatic rings. The van der Waals surface area contributed by atoms with Crippen molar-refractivity contribution in [2.45, 2.75) is 33.1 Å². The summed E-state index contributed by atoms with van der Waals surface area (Å²) in [5.74, 6) is -0.946. The van der Waals surface area contributed by atoms with Crippen LogP contribution in [0.15, 0.2) is 0 Å². The lowest BCUT2D eigenvalue weighted by atomic mass is 10.0. The van der Waals surface area contributed by atoms with Crippen LogP contribution in [0.3, 0.4) is 0 Å². The number of nitrogens with one attached hydrogen (secondary N) is 2. The highest BCUT2D eigenvalue weighted by molar-refractivity contribution is 7.80. The van der Waals surface area contributed by atoms with Gasteiger partial charge in [-0.1, -0.05) is 32.5 Å². The molecule has 0 aliphatic heterocycles. The second kappa shape index (κ2) is 8.92. The van der Waals surface area contributed by atoms with Gasteiger partial charge in [0.1, 0.15) is 0 Å². The Bertz CT molecular complexity index is 282. The predicted octanol–water partition coefficient (Wildman–Crippen LogP) is 0.331. The van der Waals surface area contributed by atoms with Gasteiger partial charge in [-0.15, -0.1) is 0 Å². The molecule has 0 rings (SSSR count). The van der Waals surface area contributed by atoms with Crippen molar-refractivity contribution in [2.24, 2.45) is 11.7 Å². The Morgan fingerprint density at radius 2 is 1.88 bits per heavy atom. The molecule has 5 nitrogen and oxygen atoms in total. The van der Waals surface area contributed by atoms with Gasteiger partial charge in [0.2, 0.25) is 11.8 Å². The molecular weight excluding hydrogens is 238 g/mol. The van der Waals surface area contributed by atoms with E-state index in [2.05, 4.69) is 10.6 Å². The zero-order valence-corrected chi connectivity index (χ0v) is 11.2. The van der Waals surface area contributed by atoms with E-state index in [-0.39, 0.29) is 23.3 Å². The minimum absolute atomic E-state index is 0.0261. The number of thiocarbonyl (C=S) groups is 1. The summed E-state index contributed by atoms with van der Waals surface area (Å²) in [6.07, 6.45) is 2.29. The van der Waals surface area contributed by atoms with Crippen LogP contribution >= 0.6 is 12.2 Å². The van der Waals surface area contributed by atoms with Gasteiger partial charge in [-0.3, -0.25) is 9.59 Å². The van der Waals surface area contributed by atoms with Crippen LogP contribution in [0.1, 0.15) is 33.1 Å². The van der Waals surface area contributed by atoms with Gasteiger partial charge in [-0.05, 0) is 12.8 Å². The molecule has 4 N–H and O–H groups in total. The lowest BCUT2D eigenvalue weighted by Gasteiger charge is -2.14. The van der Waals surface area contributed by atoms with Crippen LogP contribution < -0.4 is 16.4 Å². The third-order valence-corrected chi connectivity index (χ3v) is 2.52. The van der Waals surface area contributed by atoms with Crippen LogP contribution in [0.4, 0.5) is 0 Å². The maximum atomic E-state index is 11.7. The summed E-state index contributed by atoms with van der Waals surface area (Å²) < 4.78 is 0. The number of carbonyl (C=O) groups excluding carboxylic acids is 2.